The molecule has 1 atom stereocenters. The predicted octanol–water partition coefficient (Wildman–Crippen LogP) is 3.22. The van der Waals surface area contributed by atoms with Gasteiger partial charge in [0.25, 0.3) is 5.91 Å². The molecule has 0 aliphatic heterocycles. The summed E-state index contributed by atoms with van der Waals surface area (Å²) in [7, 11) is 0. The number of hydrogen-bond donors (Lipinski definition) is 2. The van der Waals surface area contributed by atoms with Gasteiger partial charge in [0.15, 0.2) is 0 Å². The number of hydrogen-bond acceptors (Lipinski definition) is 3. The maximum atomic E-state index is 12.0. The lowest BCUT2D eigenvalue weighted by atomic mass is 10.1. The minimum absolute atomic E-state index is 0.0629. The van der Waals surface area contributed by atoms with E-state index in [9.17, 15) is 9.90 Å². The third-order valence-corrected chi connectivity index (χ3v) is 4.43. The van der Waals surface area contributed by atoms with Gasteiger partial charge in [0.05, 0.1) is 11.7 Å². The quantitative estimate of drug-likeness (QED) is 0.888. The SMILES string of the molecule is Cc1scc(C(=O)NCCC(O)c2ccccc2)c1C. The molecule has 1 aromatic carbocycles. The molecule has 0 radical (unpaired) electrons. The molecule has 106 valence electrons. The maximum Gasteiger partial charge on any atom is 0.252 e. The number of benzene rings is 1. The second-order valence-corrected chi connectivity index (χ2v) is 5.89. The van der Waals surface area contributed by atoms with Crippen LogP contribution in [0, 0.1) is 13.8 Å². The highest BCUT2D eigenvalue weighted by Gasteiger charge is 2.13. The summed E-state index contributed by atoms with van der Waals surface area (Å²) in [6.07, 6.45) is -0.0282. The molecule has 0 fully saturated rings. The largest absolute Gasteiger partial charge is 0.388 e. The van der Waals surface area contributed by atoms with E-state index in [4.69, 9.17) is 0 Å². The summed E-state index contributed by atoms with van der Waals surface area (Å²) >= 11 is 1.59. The standard InChI is InChI=1S/C16H19NO2S/c1-11-12(2)20-10-14(11)16(19)17-9-8-15(18)13-6-4-3-5-7-13/h3-7,10,15,18H,8-9H2,1-2H3,(H,17,19). The normalized spacial score (nSPS) is 12.2. The molecule has 0 spiro atoms. The summed E-state index contributed by atoms with van der Waals surface area (Å²) in [6.45, 7) is 4.43. The Bertz CT molecular complexity index is 577. The molecule has 3 nitrogen and oxygen atoms in total. The van der Waals surface area contributed by atoms with E-state index in [1.54, 1.807) is 11.3 Å². The molecule has 20 heavy (non-hydrogen) atoms. The summed E-state index contributed by atoms with van der Waals surface area (Å²) in [5.74, 6) is -0.0629. The van der Waals surface area contributed by atoms with Crippen molar-refractivity contribution in [2.75, 3.05) is 6.54 Å². The molecule has 1 unspecified atom stereocenters. The van der Waals surface area contributed by atoms with Crippen molar-refractivity contribution in [1.82, 2.24) is 5.32 Å². The first-order valence-corrected chi connectivity index (χ1v) is 7.53. The number of amides is 1. The molecule has 2 rings (SSSR count). The Labute approximate surface area is 123 Å². The molecule has 4 heteroatoms. The third kappa shape index (κ3) is 3.46. The van der Waals surface area contributed by atoms with E-state index < -0.39 is 6.10 Å². The Morgan fingerprint density at radius 3 is 2.60 bits per heavy atom. The molecule has 0 saturated carbocycles. The minimum atomic E-state index is -0.540. The van der Waals surface area contributed by atoms with Crippen LogP contribution in [0.2, 0.25) is 0 Å². The van der Waals surface area contributed by atoms with Crippen LogP contribution in [0.3, 0.4) is 0 Å². The first kappa shape index (κ1) is 14.8. The summed E-state index contributed by atoms with van der Waals surface area (Å²) in [5, 5.41) is 14.8. The molecule has 2 N–H and O–H groups in total. The zero-order valence-corrected chi connectivity index (χ0v) is 12.5. The Kier molecular flexibility index (Phi) is 4.93. The topological polar surface area (TPSA) is 49.3 Å². The van der Waals surface area contributed by atoms with E-state index in [2.05, 4.69) is 5.32 Å². The zero-order chi connectivity index (χ0) is 14.5. The van der Waals surface area contributed by atoms with E-state index in [1.165, 1.54) is 4.88 Å². The lowest BCUT2D eigenvalue weighted by Gasteiger charge is -2.11. The molecule has 0 aliphatic carbocycles. The van der Waals surface area contributed by atoms with Crippen molar-refractivity contribution in [1.29, 1.82) is 0 Å². The fourth-order valence-electron chi connectivity index (χ4n) is 2.00. The van der Waals surface area contributed by atoms with Crippen molar-refractivity contribution in [2.24, 2.45) is 0 Å². The lowest BCUT2D eigenvalue weighted by Crippen LogP contribution is -2.25. The maximum absolute atomic E-state index is 12.0. The highest BCUT2D eigenvalue weighted by molar-refractivity contribution is 7.10. The fraction of sp³-hybridized carbons (Fsp3) is 0.312. The van der Waals surface area contributed by atoms with E-state index >= 15 is 0 Å². The van der Waals surface area contributed by atoms with Crippen LogP contribution >= 0.6 is 11.3 Å². The molecule has 1 aromatic heterocycles. The van der Waals surface area contributed by atoms with Crippen LogP contribution in [-0.4, -0.2) is 17.6 Å². The van der Waals surface area contributed by atoms with Gasteiger partial charge < -0.3 is 10.4 Å². The number of thiophene rings is 1. The van der Waals surface area contributed by atoms with E-state index in [-0.39, 0.29) is 5.91 Å². The van der Waals surface area contributed by atoms with E-state index in [1.807, 2.05) is 49.6 Å². The Balaban J connectivity index is 1.84. The highest BCUT2D eigenvalue weighted by atomic mass is 32.1. The van der Waals surface area contributed by atoms with Crippen LogP contribution in [-0.2, 0) is 0 Å². The van der Waals surface area contributed by atoms with Crippen molar-refractivity contribution in [3.8, 4) is 0 Å². The fourth-order valence-corrected chi connectivity index (χ4v) is 2.86. The van der Waals surface area contributed by atoms with Crippen LogP contribution < -0.4 is 5.32 Å². The van der Waals surface area contributed by atoms with Crippen LogP contribution in [0.1, 0.15) is 38.9 Å². The average molecular weight is 289 g/mol. The summed E-state index contributed by atoms with van der Waals surface area (Å²) in [4.78, 5) is 13.2. The van der Waals surface area contributed by atoms with Crippen LogP contribution in [0.15, 0.2) is 35.7 Å². The van der Waals surface area contributed by atoms with Gasteiger partial charge in [-0.2, -0.15) is 0 Å². The predicted molar refractivity (Wildman–Crippen MR) is 82.1 cm³/mol. The number of aliphatic hydroxyl groups is 1. The first-order chi connectivity index (χ1) is 9.59. The zero-order valence-electron chi connectivity index (χ0n) is 11.7. The molecule has 1 amide bonds. The van der Waals surface area contributed by atoms with Gasteiger partial charge in [0.2, 0.25) is 0 Å². The number of nitrogens with one attached hydrogen (secondary N) is 1. The molecular weight excluding hydrogens is 270 g/mol. The number of carbonyl (C=O) groups excluding carboxylic acids is 1. The highest BCUT2D eigenvalue weighted by Crippen LogP contribution is 2.20. The smallest absolute Gasteiger partial charge is 0.252 e. The number of aryl methyl sites for hydroxylation is 1. The third-order valence-electron chi connectivity index (χ3n) is 3.42. The van der Waals surface area contributed by atoms with Gasteiger partial charge in [-0.15, -0.1) is 11.3 Å². The molecule has 2 aromatic rings. The van der Waals surface area contributed by atoms with E-state index in [0.717, 1.165) is 16.7 Å². The van der Waals surface area contributed by atoms with Gasteiger partial charge in [-0.3, -0.25) is 4.79 Å². The summed E-state index contributed by atoms with van der Waals surface area (Å²) in [6, 6.07) is 9.49. The molecule has 1 heterocycles. The summed E-state index contributed by atoms with van der Waals surface area (Å²) in [5.41, 5.74) is 2.65. The van der Waals surface area contributed by atoms with Crippen molar-refractivity contribution >= 4 is 17.2 Å². The first-order valence-electron chi connectivity index (χ1n) is 6.65. The molecule has 0 aliphatic rings. The number of rotatable bonds is 5. The van der Waals surface area contributed by atoms with Gasteiger partial charge in [-0.1, -0.05) is 30.3 Å². The molecule has 0 saturated heterocycles. The van der Waals surface area contributed by atoms with Crippen LogP contribution in [0.5, 0.6) is 0 Å². The Hall–Kier alpha value is -1.65. The Morgan fingerprint density at radius 1 is 1.30 bits per heavy atom. The monoisotopic (exact) mass is 289 g/mol. The van der Waals surface area contributed by atoms with Gasteiger partial charge in [0, 0.05) is 16.8 Å². The average Bonchev–Trinajstić information content (AvgIpc) is 2.80. The molecular formula is C16H19NO2S. The van der Waals surface area contributed by atoms with Crippen molar-refractivity contribution in [3.05, 3.63) is 57.3 Å². The van der Waals surface area contributed by atoms with Gasteiger partial charge >= 0.3 is 0 Å². The van der Waals surface area contributed by atoms with Gasteiger partial charge in [-0.05, 0) is 31.4 Å². The van der Waals surface area contributed by atoms with E-state index in [0.29, 0.717) is 13.0 Å². The minimum Gasteiger partial charge on any atom is -0.388 e. The van der Waals surface area contributed by atoms with Crippen LogP contribution in [0.4, 0.5) is 0 Å². The van der Waals surface area contributed by atoms with Crippen molar-refractivity contribution in [2.45, 2.75) is 26.4 Å². The molecule has 0 bridgehead atoms. The second-order valence-electron chi connectivity index (χ2n) is 4.80. The van der Waals surface area contributed by atoms with Crippen molar-refractivity contribution in [3.63, 3.8) is 0 Å². The number of aliphatic hydroxyl groups excluding tert-OH is 1. The Morgan fingerprint density at radius 2 is 2.00 bits per heavy atom. The van der Waals surface area contributed by atoms with Crippen LogP contribution in [0.25, 0.3) is 0 Å². The lowest BCUT2D eigenvalue weighted by molar-refractivity contribution is 0.0942. The van der Waals surface area contributed by atoms with Gasteiger partial charge in [0.1, 0.15) is 0 Å². The van der Waals surface area contributed by atoms with Gasteiger partial charge in [-0.25, -0.2) is 0 Å². The second kappa shape index (κ2) is 6.68. The number of carbonyl (C=O) groups is 1. The van der Waals surface area contributed by atoms with Crippen molar-refractivity contribution < 1.29 is 9.90 Å². The summed E-state index contributed by atoms with van der Waals surface area (Å²) < 4.78 is 0.